The predicted octanol–water partition coefficient (Wildman–Crippen LogP) is 0.715. The van der Waals surface area contributed by atoms with Crippen LogP contribution < -0.4 is 11.1 Å². The van der Waals surface area contributed by atoms with Crippen LogP contribution in [-0.4, -0.2) is 43.0 Å². The van der Waals surface area contributed by atoms with Gasteiger partial charge in [-0.05, 0) is 34.0 Å². The summed E-state index contributed by atoms with van der Waals surface area (Å²) in [6.07, 6.45) is 0.937. The summed E-state index contributed by atoms with van der Waals surface area (Å²) in [5.41, 5.74) is 6.23. The molecule has 0 bridgehead atoms. The molecule has 16 heavy (non-hydrogen) atoms. The number of thiazole rings is 1. The number of rotatable bonds is 5. The summed E-state index contributed by atoms with van der Waals surface area (Å²) in [6.45, 7) is 3.43. The number of anilines is 1. The van der Waals surface area contributed by atoms with Crippen molar-refractivity contribution in [1.82, 2.24) is 15.2 Å². The molecule has 0 aliphatic rings. The lowest BCUT2D eigenvalue weighted by Crippen LogP contribution is -2.26. The Hall–Kier alpha value is -1.14. The summed E-state index contributed by atoms with van der Waals surface area (Å²) in [7, 11) is 4.02. The van der Waals surface area contributed by atoms with Crippen LogP contribution in [0, 0.1) is 6.92 Å². The van der Waals surface area contributed by atoms with Gasteiger partial charge in [-0.15, -0.1) is 0 Å². The van der Waals surface area contributed by atoms with Gasteiger partial charge in [-0.3, -0.25) is 4.79 Å². The molecule has 5 nitrogen and oxygen atoms in total. The van der Waals surface area contributed by atoms with E-state index in [0.29, 0.717) is 22.2 Å². The second kappa shape index (κ2) is 5.81. The third kappa shape index (κ3) is 3.79. The van der Waals surface area contributed by atoms with Crippen molar-refractivity contribution in [2.24, 2.45) is 0 Å². The maximum absolute atomic E-state index is 11.7. The molecule has 0 aromatic carbocycles. The van der Waals surface area contributed by atoms with Gasteiger partial charge in [-0.1, -0.05) is 11.3 Å². The van der Waals surface area contributed by atoms with E-state index in [1.807, 2.05) is 14.1 Å². The molecule has 1 aromatic heterocycles. The number of aromatic nitrogens is 1. The number of nitrogens with one attached hydrogen (secondary N) is 1. The first-order chi connectivity index (χ1) is 7.50. The highest BCUT2D eigenvalue weighted by Gasteiger charge is 2.13. The van der Waals surface area contributed by atoms with E-state index in [0.717, 1.165) is 13.0 Å². The Labute approximate surface area is 99.7 Å². The van der Waals surface area contributed by atoms with Crippen LogP contribution in [0.25, 0.3) is 0 Å². The molecule has 0 atom stereocenters. The van der Waals surface area contributed by atoms with Crippen LogP contribution in [0.15, 0.2) is 0 Å². The van der Waals surface area contributed by atoms with Crippen LogP contribution >= 0.6 is 11.3 Å². The lowest BCUT2D eigenvalue weighted by Gasteiger charge is -2.09. The van der Waals surface area contributed by atoms with Gasteiger partial charge in [-0.2, -0.15) is 0 Å². The number of nitrogen functional groups attached to an aromatic ring is 1. The van der Waals surface area contributed by atoms with Crippen molar-refractivity contribution >= 4 is 22.4 Å². The number of carbonyl (C=O) groups is 1. The van der Waals surface area contributed by atoms with E-state index in [-0.39, 0.29) is 5.91 Å². The van der Waals surface area contributed by atoms with E-state index in [9.17, 15) is 4.79 Å². The van der Waals surface area contributed by atoms with Gasteiger partial charge in [0.25, 0.3) is 5.91 Å². The Morgan fingerprint density at radius 1 is 1.56 bits per heavy atom. The van der Waals surface area contributed by atoms with Gasteiger partial charge in [-0.25, -0.2) is 4.98 Å². The standard InChI is InChI=1S/C10H18N4OS/c1-7-8(16-10(11)13-7)9(15)12-5-4-6-14(2)3/h4-6H2,1-3H3,(H2,11,13)(H,12,15). The SMILES string of the molecule is Cc1nc(N)sc1C(=O)NCCCN(C)C. The lowest BCUT2D eigenvalue weighted by atomic mass is 10.3. The zero-order valence-corrected chi connectivity index (χ0v) is 10.7. The van der Waals surface area contributed by atoms with Crippen LogP contribution in [0.5, 0.6) is 0 Å². The summed E-state index contributed by atoms with van der Waals surface area (Å²) in [4.78, 5) is 18.4. The molecule has 0 unspecified atom stereocenters. The van der Waals surface area contributed by atoms with Crippen LogP contribution in [0.3, 0.4) is 0 Å². The van der Waals surface area contributed by atoms with Crippen LogP contribution in [0.4, 0.5) is 5.13 Å². The molecule has 1 aromatic rings. The first-order valence-corrected chi connectivity index (χ1v) is 5.98. The third-order valence-corrected chi connectivity index (χ3v) is 3.07. The highest BCUT2D eigenvalue weighted by molar-refractivity contribution is 7.17. The number of aryl methyl sites for hydroxylation is 1. The third-order valence-electron chi connectivity index (χ3n) is 2.09. The Bertz CT molecular complexity index is 362. The first-order valence-electron chi connectivity index (χ1n) is 5.16. The van der Waals surface area contributed by atoms with Crippen molar-refractivity contribution in [3.63, 3.8) is 0 Å². The normalized spacial score (nSPS) is 10.8. The Balaban J connectivity index is 2.38. The Morgan fingerprint density at radius 2 is 2.25 bits per heavy atom. The van der Waals surface area contributed by atoms with Crippen LogP contribution in [0.1, 0.15) is 21.8 Å². The smallest absolute Gasteiger partial charge is 0.263 e. The summed E-state index contributed by atoms with van der Waals surface area (Å²) in [5, 5.41) is 3.30. The van der Waals surface area contributed by atoms with Crippen molar-refractivity contribution in [1.29, 1.82) is 0 Å². The molecular weight excluding hydrogens is 224 g/mol. The van der Waals surface area contributed by atoms with Gasteiger partial charge < -0.3 is 16.0 Å². The van der Waals surface area contributed by atoms with E-state index in [2.05, 4.69) is 15.2 Å². The quantitative estimate of drug-likeness (QED) is 0.746. The van der Waals surface area contributed by atoms with E-state index in [1.54, 1.807) is 6.92 Å². The molecule has 0 aliphatic carbocycles. The highest BCUT2D eigenvalue weighted by Crippen LogP contribution is 2.19. The minimum absolute atomic E-state index is 0.0783. The first kappa shape index (κ1) is 12.9. The summed E-state index contributed by atoms with van der Waals surface area (Å²) in [6, 6.07) is 0. The van der Waals surface area contributed by atoms with Gasteiger partial charge >= 0.3 is 0 Å². The number of hydrogen-bond acceptors (Lipinski definition) is 5. The van der Waals surface area contributed by atoms with Crippen molar-refractivity contribution in [2.45, 2.75) is 13.3 Å². The number of nitrogens with zero attached hydrogens (tertiary/aromatic N) is 2. The number of hydrogen-bond donors (Lipinski definition) is 2. The molecule has 0 saturated carbocycles. The van der Waals surface area contributed by atoms with Gasteiger partial charge in [0.1, 0.15) is 4.88 Å². The molecule has 0 aliphatic heterocycles. The summed E-state index contributed by atoms with van der Waals surface area (Å²) < 4.78 is 0. The van der Waals surface area contributed by atoms with Gasteiger partial charge in [0.15, 0.2) is 5.13 Å². The molecule has 0 fully saturated rings. The maximum Gasteiger partial charge on any atom is 0.263 e. The molecule has 0 saturated heterocycles. The fourth-order valence-electron chi connectivity index (χ4n) is 1.31. The molecule has 0 radical (unpaired) electrons. The van der Waals surface area contributed by atoms with E-state index >= 15 is 0 Å². The summed E-state index contributed by atoms with van der Waals surface area (Å²) in [5.74, 6) is -0.0783. The van der Waals surface area contributed by atoms with E-state index < -0.39 is 0 Å². The van der Waals surface area contributed by atoms with Crippen molar-refractivity contribution < 1.29 is 4.79 Å². The van der Waals surface area contributed by atoms with Crippen molar-refractivity contribution in [2.75, 3.05) is 32.9 Å². The van der Waals surface area contributed by atoms with Gasteiger partial charge in [0, 0.05) is 6.54 Å². The number of nitrogens with two attached hydrogens (primary N) is 1. The number of amides is 1. The van der Waals surface area contributed by atoms with E-state index in [4.69, 9.17) is 5.73 Å². The van der Waals surface area contributed by atoms with Crippen LogP contribution in [0.2, 0.25) is 0 Å². The van der Waals surface area contributed by atoms with Gasteiger partial charge in [0.2, 0.25) is 0 Å². The topological polar surface area (TPSA) is 71.2 Å². The molecule has 0 spiro atoms. The number of carbonyl (C=O) groups excluding carboxylic acids is 1. The van der Waals surface area contributed by atoms with E-state index in [1.165, 1.54) is 11.3 Å². The fraction of sp³-hybridized carbons (Fsp3) is 0.600. The Kier molecular flexibility index (Phi) is 4.70. The zero-order valence-electron chi connectivity index (χ0n) is 9.91. The molecule has 1 rings (SSSR count). The van der Waals surface area contributed by atoms with Crippen LogP contribution in [-0.2, 0) is 0 Å². The van der Waals surface area contributed by atoms with Crippen molar-refractivity contribution in [3.8, 4) is 0 Å². The second-order valence-electron chi connectivity index (χ2n) is 3.88. The average molecular weight is 242 g/mol. The maximum atomic E-state index is 11.7. The molecular formula is C10H18N4OS. The highest BCUT2D eigenvalue weighted by atomic mass is 32.1. The lowest BCUT2D eigenvalue weighted by molar-refractivity contribution is 0.0955. The fourth-order valence-corrected chi connectivity index (χ4v) is 2.06. The van der Waals surface area contributed by atoms with Crippen molar-refractivity contribution in [3.05, 3.63) is 10.6 Å². The minimum Gasteiger partial charge on any atom is -0.375 e. The predicted molar refractivity (Wildman–Crippen MR) is 66.8 cm³/mol. The molecule has 3 N–H and O–H groups in total. The second-order valence-corrected chi connectivity index (χ2v) is 4.91. The monoisotopic (exact) mass is 242 g/mol. The largest absolute Gasteiger partial charge is 0.375 e. The minimum atomic E-state index is -0.0783. The molecule has 90 valence electrons. The molecule has 1 amide bonds. The average Bonchev–Trinajstić information content (AvgIpc) is 2.52. The van der Waals surface area contributed by atoms with Gasteiger partial charge in [0.05, 0.1) is 5.69 Å². The zero-order chi connectivity index (χ0) is 12.1. The molecule has 6 heteroatoms. The summed E-state index contributed by atoms with van der Waals surface area (Å²) >= 11 is 1.23. The Morgan fingerprint density at radius 3 is 2.75 bits per heavy atom. The molecule has 1 heterocycles.